The summed E-state index contributed by atoms with van der Waals surface area (Å²) in [5.41, 5.74) is 0.388. The molecule has 1 fully saturated rings. The van der Waals surface area contributed by atoms with E-state index in [4.69, 9.17) is 10.00 Å². The molecule has 0 atom stereocenters. The maximum Gasteiger partial charge on any atom is 0.319 e. The summed E-state index contributed by atoms with van der Waals surface area (Å²) < 4.78 is 18.4. The number of hydrogen-bond donors (Lipinski definition) is 2. The summed E-state index contributed by atoms with van der Waals surface area (Å²) in [5.74, 6) is 0.231. The van der Waals surface area contributed by atoms with Gasteiger partial charge in [-0.1, -0.05) is 0 Å². The molecule has 112 valence electrons. The zero-order chi connectivity index (χ0) is 15.1. The molecule has 21 heavy (non-hydrogen) atoms. The van der Waals surface area contributed by atoms with Gasteiger partial charge in [0.2, 0.25) is 0 Å². The summed E-state index contributed by atoms with van der Waals surface area (Å²) in [5, 5.41) is 14.1. The summed E-state index contributed by atoms with van der Waals surface area (Å²) in [6.45, 7) is 1.92. The number of nitrogens with zero attached hydrogens (tertiary/aromatic N) is 1. The third kappa shape index (κ3) is 5.40. The molecule has 0 radical (unpaired) electrons. The van der Waals surface area contributed by atoms with Crippen LogP contribution in [0.2, 0.25) is 0 Å². The van der Waals surface area contributed by atoms with Crippen LogP contribution in [0.15, 0.2) is 18.2 Å². The quantitative estimate of drug-likeness (QED) is 0.758. The van der Waals surface area contributed by atoms with Gasteiger partial charge in [0.1, 0.15) is 11.9 Å². The number of hydrogen-bond acceptors (Lipinski definition) is 3. The molecule has 1 aliphatic carbocycles. The Hall–Kier alpha value is -2.13. The Bertz CT molecular complexity index is 538. The molecule has 6 heteroatoms. The van der Waals surface area contributed by atoms with E-state index in [-0.39, 0.29) is 5.56 Å². The number of amides is 2. The molecule has 0 unspecified atom stereocenters. The van der Waals surface area contributed by atoms with Crippen LogP contribution in [0.25, 0.3) is 0 Å². The minimum absolute atomic E-state index is 0.0953. The fourth-order valence-electron chi connectivity index (χ4n) is 1.80. The van der Waals surface area contributed by atoms with E-state index in [1.54, 1.807) is 0 Å². The van der Waals surface area contributed by atoms with Crippen LogP contribution in [-0.4, -0.2) is 25.8 Å². The molecule has 1 aliphatic rings. The second kappa shape index (κ2) is 7.60. The SMILES string of the molecule is N#Cc1cc(F)ccc1NC(=O)NCCCOCC1CC1. The van der Waals surface area contributed by atoms with E-state index < -0.39 is 11.8 Å². The van der Waals surface area contributed by atoms with Crippen LogP contribution in [0.1, 0.15) is 24.8 Å². The van der Waals surface area contributed by atoms with Gasteiger partial charge in [0, 0.05) is 19.8 Å². The molecule has 5 nitrogen and oxygen atoms in total. The predicted molar refractivity (Wildman–Crippen MR) is 76.3 cm³/mol. The number of nitriles is 1. The van der Waals surface area contributed by atoms with E-state index in [2.05, 4.69) is 10.6 Å². The summed E-state index contributed by atoms with van der Waals surface area (Å²) in [6.07, 6.45) is 3.26. The van der Waals surface area contributed by atoms with Gasteiger partial charge < -0.3 is 15.4 Å². The maximum atomic E-state index is 13.0. The molecule has 0 bridgehead atoms. The van der Waals surface area contributed by atoms with Gasteiger partial charge in [0.15, 0.2) is 0 Å². The third-order valence-corrected chi connectivity index (χ3v) is 3.15. The number of carbonyl (C=O) groups excluding carboxylic acids is 1. The molecule has 1 aromatic carbocycles. The number of halogens is 1. The molecule has 0 aliphatic heterocycles. The van der Waals surface area contributed by atoms with Crippen LogP contribution in [-0.2, 0) is 4.74 Å². The fourth-order valence-corrected chi connectivity index (χ4v) is 1.80. The van der Waals surface area contributed by atoms with Gasteiger partial charge in [0.05, 0.1) is 11.3 Å². The van der Waals surface area contributed by atoms with Crippen LogP contribution < -0.4 is 10.6 Å². The molecule has 2 N–H and O–H groups in total. The van der Waals surface area contributed by atoms with E-state index in [1.807, 2.05) is 6.07 Å². The highest BCUT2D eigenvalue weighted by Gasteiger charge is 2.20. The molecule has 2 rings (SSSR count). The average molecular weight is 291 g/mol. The van der Waals surface area contributed by atoms with Crippen molar-refractivity contribution in [2.45, 2.75) is 19.3 Å². The van der Waals surface area contributed by atoms with Crippen LogP contribution in [0.5, 0.6) is 0 Å². The van der Waals surface area contributed by atoms with Crippen molar-refractivity contribution < 1.29 is 13.9 Å². The lowest BCUT2D eigenvalue weighted by atomic mass is 10.2. The highest BCUT2D eigenvalue weighted by Crippen LogP contribution is 2.28. The van der Waals surface area contributed by atoms with Crippen molar-refractivity contribution in [3.05, 3.63) is 29.6 Å². The molecule has 0 spiro atoms. The summed E-state index contributed by atoms with van der Waals surface area (Å²) in [4.78, 5) is 11.7. The first-order chi connectivity index (χ1) is 10.2. The number of nitrogens with one attached hydrogen (secondary N) is 2. The zero-order valence-electron chi connectivity index (χ0n) is 11.7. The standard InChI is InChI=1S/C15H18FN3O2/c16-13-4-5-14(12(8-13)9-17)19-15(20)18-6-1-7-21-10-11-2-3-11/h4-5,8,11H,1-3,6-7,10H2,(H2,18,19,20). The van der Waals surface area contributed by atoms with Crippen LogP contribution in [0.4, 0.5) is 14.9 Å². The largest absolute Gasteiger partial charge is 0.381 e. The second-order valence-corrected chi connectivity index (χ2v) is 5.05. The van der Waals surface area contributed by atoms with Gasteiger partial charge in [-0.25, -0.2) is 9.18 Å². The first kappa shape index (κ1) is 15.3. The monoisotopic (exact) mass is 291 g/mol. The van der Waals surface area contributed by atoms with Crippen molar-refractivity contribution in [1.29, 1.82) is 5.26 Å². The Kier molecular flexibility index (Phi) is 5.52. The topological polar surface area (TPSA) is 74.2 Å². The number of carbonyl (C=O) groups is 1. The number of ether oxygens (including phenoxy) is 1. The predicted octanol–water partition coefficient (Wildman–Crippen LogP) is 2.64. The third-order valence-electron chi connectivity index (χ3n) is 3.15. The lowest BCUT2D eigenvalue weighted by Crippen LogP contribution is -2.30. The molecular formula is C15H18FN3O2. The lowest BCUT2D eigenvalue weighted by Gasteiger charge is -2.09. The van der Waals surface area contributed by atoms with Crippen molar-refractivity contribution in [2.24, 2.45) is 5.92 Å². The number of anilines is 1. The molecule has 0 heterocycles. The molecular weight excluding hydrogens is 273 g/mol. The first-order valence-electron chi connectivity index (χ1n) is 7.01. The van der Waals surface area contributed by atoms with E-state index in [0.717, 1.165) is 25.0 Å². The Morgan fingerprint density at radius 1 is 1.48 bits per heavy atom. The van der Waals surface area contributed by atoms with Crippen molar-refractivity contribution in [2.75, 3.05) is 25.1 Å². The van der Waals surface area contributed by atoms with E-state index >= 15 is 0 Å². The summed E-state index contributed by atoms with van der Waals surface area (Å²) in [6, 6.07) is 5.07. The minimum Gasteiger partial charge on any atom is -0.381 e. The summed E-state index contributed by atoms with van der Waals surface area (Å²) >= 11 is 0. The Balaban J connectivity index is 1.65. The molecule has 1 aromatic rings. The van der Waals surface area contributed by atoms with Gasteiger partial charge in [-0.3, -0.25) is 0 Å². The van der Waals surface area contributed by atoms with Gasteiger partial charge in [-0.2, -0.15) is 5.26 Å². The van der Waals surface area contributed by atoms with Gasteiger partial charge in [-0.05, 0) is 43.4 Å². The molecule has 0 aromatic heterocycles. The average Bonchev–Trinajstić information content (AvgIpc) is 3.28. The normalized spacial score (nSPS) is 13.5. The molecule has 2 amide bonds. The highest BCUT2D eigenvalue weighted by atomic mass is 19.1. The van der Waals surface area contributed by atoms with Gasteiger partial charge in [0.25, 0.3) is 0 Å². The number of urea groups is 1. The maximum absolute atomic E-state index is 13.0. The highest BCUT2D eigenvalue weighted by molar-refractivity contribution is 5.90. The van der Waals surface area contributed by atoms with Gasteiger partial charge >= 0.3 is 6.03 Å². The zero-order valence-corrected chi connectivity index (χ0v) is 11.7. The van der Waals surface area contributed by atoms with Crippen LogP contribution in [0, 0.1) is 23.1 Å². The molecule has 1 saturated carbocycles. The summed E-state index contributed by atoms with van der Waals surface area (Å²) in [7, 11) is 0. The van der Waals surface area contributed by atoms with Crippen LogP contribution in [0.3, 0.4) is 0 Å². The van der Waals surface area contributed by atoms with Crippen molar-refractivity contribution in [1.82, 2.24) is 5.32 Å². The smallest absolute Gasteiger partial charge is 0.319 e. The lowest BCUT2D eigenvalue weighted by molar-refractivity contribution is 0.122. The van der Waals surface area contributed by atoms with Crippen molar-refractivity contribution >= 4 is 11.7 Å². The fraction of sp³-hybridized carbons (Fsp3) is 0.467. The Morgan fingerprint density at radius 2 is 2.29 bits per heavy atom. The van der Waals surface area contributed by atoms with E-state index in [0.29, 0.717) is 18.8 Å². The van der Waals surface area contributed by atoms with E-state index in [9.17, 15) is 9.18 Å². The second-order valence-electron chi connectivity index (χ2n) is 5.05. The Morgan fingerprint density at radius 3 is 3.00 bits per heavy atom. The Labute approximate surface area is 123 Å². The van der Waals surface area contributed by atoms with Crippen LogP contribution >= 0.6 is 0 Å². The number of rotatable bonds is 7. The number of benzene rings is 1. The minimum atomic E-state index is -0.509. The van der Waals surface area contributed by atoms with Crippen molar-refractivity contribution in [3.63, 3.8) is 0 Å². The van der Waals surface area contributed by atoms with Crippen molar-refractivity contribution in [3.8, 4) is 6.07 Å². The van der Waals surface area contributed by atoms with E-state index in [1.165, 1.54) is 25.0 Å². The van der Waals surface area contributed by atoms with Gasteiger partial charge in [-0.15, -0.1) is 0 Å². The molecule has 0 saturated heterocycles. The first-order valence-corrected chi connectivity index (χ1v) is 7.01.